The summed E-state index contributed by atoms with van der Waals surface area (Å²) in [7, 11) is 3.96. The molecule has 0 fully saturated rings. The average Bonchev–Trinajstić information content (AvgIpc) is 2.68. The van der Waals surface area contributed by atoms with Gasteiger partial charge >= 0.3 is 6.09 Å². The number of rotatable bonds is 7. The summed E-state index contributed by atoms with van der Waals surface area (Å²) in [4.78, 5) is 12.3. The number of hydrogen-bond donors (Lipinski definition) is 2. The lowest BCUT2D eigenvalue weighted by Gasteiger charge is -2.09. The third-order valence-electron chi connectivity index (χ3n) is 1.87. The number of nitrogens with one attached hydrogen (secondary N) is 1. The summed E-state index contributed by atoms with van der Waals surface area (Å²) in [6, 6.07) is 0. The highest BCUT2D eigenvalue weighted by Gasteiger charge is 2.06. The lowest BCUT2D eigenvalue weighted by molar-refractivity contribution is 0.195. The van der Waals surface area contributed by atoms with Crippen molar-refractivity contribution in [2.45, 2.75) is 11.7 Å². The minimum Gasteiger partial charge on any atom is -0.465 e. The van der Waals surface area contributed by atoms with Gasteiger partial charge in [-0.1, -0.05) is 11.8 Å². The Morgan fingerprint density at radius 2 is 2.35 bits per heavy atom. The largest absolute Gasteiger partial charge is 0.465 e. The van der Waals surface area contributed by atoms with Crippen LogP contribution in [0.5, 0.6) is 0 Å². The van der Waals surface area contributed by atoms with E-state index in [1.54, 1.807) is 4.68 Å². The van der Waals surface area contributed by atoms with Crippen LogP contribution in [-0.2, 0) is 6.54 Å². The maximum absolute atomic E-state index is 10.2. The van der Waals surface area contributed by atoms with Crippen molar-refractivity contribution in [3.05, 3.63) is 0 Å². The molecule has 0 atom stereocenters. The first-order valence-electron chi connectivity index (χ1n) is 5.10. The molecule has 1 aromatic rings. The summed E-state index contributed by atoms with van der Waals surface area (Å²) in [5.41, 5.74) is 0. The molecular weight excluding hydrogens is 244 g/mol. The summed E-state index contributed by atoms with van der Waals surface area (Å²) in [5.74, 6) is 0.606. The van der Waals surface area contributed by atoms with Crippen molar-refractivity contribution in [1.82, 2.24) is 30.4 Å². The van der Waals surface area contributed by atoms with E-state index in [1.165, 1.54) is 11.8 Å². The molecule has 1 rings (SSSR count). The molecule has 0 radical (unpaired) electrons. The van der Waals surface area contributed by atoms with Gasteiger partial charge in [0, 0.05) is 18.8 Å². The van der Waals surface area contributed by atoms with Gasteiger partial charge in [0.25, 0.3) is 0 Å². The Kier molecular flexibility index (Phi) is 5.70. The van der Waals surface area contributed by atoms with E-state index in [0.29, 0.717) is 24.0 Å². The molecule has 9 heteroatoms. The van der Waals surface area contributed by atoms with Crippen molar-refractivity contribution in [2.24, 2.45) is 0 Å². The summed E-state index contributed by atoms with van der Waals surface area (Å²) in [6.45, 7) is 1.95. The minimum atomic E-state index is -1.02. The normalized spacial score (nSPS) is 10.8. The Morgan fingerprint density at radius 3 is 3.00 bits per heavy atom. The monoisotopic (exact) mass is 260 g/mol. The molecule has 0 aliphatic rings. The number of nitrogens with zero attached hydrogens (tertiary/aromatic N) is 5. The molecule has 0 aromatic carbocycles. The van der Waals surface area contributed by atoms with Gasteiger partial charge in [-0.15, -0.1) is 5.10 Å². The van der Waals surface area contributed by atoms with Crippen molar-refractivity contribution < 1.29 is 9.90 Å². The zero-order chi connectivity index (χ0) is 12.7. The standard InChI is InChI=1S/C8H16N6O2S/c1-13(2)4-5-14-7(10-11-12-14)17-6-3-9-8(15)16/h9H,3-6H2,1-2H3,(H,15,16). The predicted molar refractivity (Wildman–Crippen MR) is 63.1 cm³/mol. The molecule has 0 saturated heterocycles. The highest BCUT2D eigenvalue weighted by Crippen LogP contribution is 2.12. The number of tetrazole rings is 1. The zero-order valence-corrected chi connectivity index (χ0v) is 10.6. The van der Waals surface area contributed by atoms with Gasteiger partial charge in [0.2, 0.25) is 5.16 Å². The highest BCUT2D eigenvalue weighted by atomic mass is 32.2. The topological polar surface area (TPSA) is 96.2 Å². The van der Waals surface area contributed by atoms with Gasteiger partial charge < -0.3 is 15.3 Å². The van der Waals surface area contributed by atoms with E-state index in [9.17, 15) is 4.79 Å². The van der Waals surface area contributed by atoms with E-state index in [4.69, 9.17) is 5.11 Å². The first-order valence-corrected chi connectivity index (χ1v) is 6.08. The van der Waals surface area contributed by atoms with E-state index in [2.05, 4.69) is 20.8 Å². The predicted octanol–water partition coefficient (Wildman–Crippen LogP) is -0.406. The fourth-order valence-electron chi connectivity index (χ4n) is 1.04. The third kappa shape index (κ3) is 5.50. The molecular formula is C8H16N6O2S. The number of carboxylic acid groups (broad SMARTS) is 1. The Balaban J connectivity index is 2.32. The molecule has 1 heterocycles. The van der Waals surface area contributed by atoms with Crippen molar-refractivity contribution in [2.75, 3.05) is 32.9 Å². The van der Waals surface area contributed by atoms with Crippen LogP contribution in [0.2, 0.25) is 0 Å². The second-order valence-corrected chi connectivity index (χ2v) is 4.63. The van der Waals surface area contributed by atoms with E-state index in [1.807, 2.05) is 19.0 Å². The van der Waals surface area contributed by atoms with Crippen LogP contribution < -0.4 is 5.32 Å². The molecule has 0 bridgehead atoms. The Morgan fingerprint density at radius 1 is 1.59 bits per heavy atom. The Labute approximate surface area is 103 Å². The Bertz CT molecular complexity index is 356. The van der Waals surface area contributed by atoms with Crippen LogP contribution in [0.25, 0.3) is 0 Å². The first-order chi connectivity index (χ1) is 8.09. The summed E-state index contributed by atoms with van der Waals surface area (Å²) in [5, 5.41) is 22.7. The third-order valence-corrected chi connectivity index (χ3v) is 2.83. The maximum Gasteiger partial charge on any atom is 0.404 e. The van der Waals surface area contributed by atoms with E-state index in [-0.39, 0.29) is 0 Å². The number of hydrogen-bond acceptors (Lipinski definition) is 6. The van der Waals surface area contributed by atoms with E-state index < -0.39 is 6.09 Å². The van der Waals surface area contributed by atoms with Crippen LogP contribution in [0.15, 0.2) is 5.16 Å². The second kappa shape index (κ2) is 7.07. The van der Waals surface area contributed by atoms with E-state index in [0.717, 1.165) is 6.54 Å². The first kappa shape index (κ1) is 13.7. The van der Waals surface area contributed by atoms with Gasteiger partial charge in [-0.25, -0.2) is 9.48 Å². The summed E-state index contributed by atoms with van der Waals surface area (Å²) in [6.07, 6.45) is -1.02. The number of thioether (sulfide) groups is 1. The van der Waals surface area contributed by atoms with Crippen LogP contribution in [0.3, 0.4) is 0 Å². The molecule has 8 nitrogen and oxygen atoms in total. The number of likely N-dealkylation sites (N-methyl/N-ethyl adjacent to an activating group) is 1. The minimum absolute atomic E-state index is 0.376. The molecule has 0 aliphatic carbocycles. The van der Waals surface area contributed by atoms with Gasteiger partial charge in [-0.05, 0) is 24.5 Å². The van der Waals surface area contributed by atoms with Crippen molar-refractivity contribution in [1.29, 1.82) is 0 Å². The van der Waals surface area contributed by atoms with Crippen LogP contribution in [0.1, 0.15) is 0 Å². The lowest BCUT2D eigenvalue weighted by atomic mass is 10.6. The number of carbonyl (C=O) groups is 1. The fraction of sp³-hybridized carbons (Fsp3) is 0.750. The van der Waals surface area contributed by atoms with Crippen LogP contribution in [-0.4, -0.2) is 69.2 Å². The molecule has 1 aromatic heterocycles. The Hall–Kier alpha value is -1.35. The highest BCUT2D eigenvalue weighted by molar-refractivity contribution is 7.99. The quantitative estimate of drug-likeness (QED) is 0.508. The average molecular weight is 260 g/mol. The summed E-state index contributed by atoms with van der Waals surface area (Å²) >= 11 is 1.43. The molecule has 1 amide bonds. The molecule has 17 heavy (non-hydrogen) atoms. The molecule has 96 valence electrons. The van der Waals surface area contributed by atoms with E-state index >= 15 is 0 Å². The fourth-order valence-corrected chi connectivity index (χ4v) is 1.79. The van der Waals surface area contributed by atoms with Crippen LogP contribution in [0, 0.1) is 0 Å². The summed E-state index contributed by atoms with van der Waals surface area (Å²) < 4.78 is 1.71. The van der Waals surface area contributed by atoms with Crippen molar-refractivity contribution in [3.63, 3.8) is 0 Å². The lowest BCUT2D eigenvalue weighted by Crippen LogP contribution is -2.23. The molecule has 0 aliphatic heterocycles. The molecule has 0 spiro atoms. The number of aromatic nitrogens is 4. The molecule has 0 saturated carbocycles. The van der Waals surface area contributed by atoms with Crippen molar-refractivity contribution in [3.8, 4) is 0 Å². The van der Waals surface area contributed by atoms with Gasteiger partial charge in [-0.2, -0.15) is 0 Å². The molecule has 0 unspecified atom stereocenters. The number of amides is 1. The van der Waals surface area contributed by atoms with Gasteiger partial charge in [0.05, 0.1) is 6.54 Å². The van der Waals surface area contributed by atoms with Crippen molar-refractivity contribution >= 4 is 17.9 Å². The van der Waals surface area contributed by atoms with Gasteiger partial charge in [0.15, 0.2) is 0 Å². The smallest absolute Gasteiger partial charge is 0.404 e. The van der Waals surface area contributed by atoms with Gasteiger partial charge in [0.1, 0.15) is 0 Å². The molecule has 2 N–H and O–H groups in total. The SMILES string of the molecule is CN(C)CCn1nnnc1SCCNC(=O)O. The van der Waals surface area contributed by atoms with Gasteiger partial charge in [-0.3, -0.25) is 0 Å². The maximum atomic E-state index is 10.2. The zero-order valence-electron chi connectivity index (χ0n) is 9.83. The second-order valence-electron chi connectivity index (χ2n) is 3.57. The van der Waals surface area contributed by atoms with Crippen LogP contribution >= 0.6 is 11.8 Å². The van der Waals surface area contributed by atoms with Crippen LogP contribution in [0.4, 0.5) is 4.79 Å².